The molecule has 0 amide bonds. The van der Waals surface area contributed by atoms with Crippen molar-refractivity contribution in [1.82, 2.24) is 0 Å². The molecule has 0 saturated heterocycles. The number of carboxylic acids is 1. The Hall–Kier alpha value is -1.45. The fourth-order valence-corrected chi connectivity index (χ4v) is 2.21. The van der Waals surface area contributed by atoms with Gasteiger partial charge in [0.05, 0.1) is 14.2 Å². The predicted molar refractivity (Wildman–Crippen MR) is 64.3 cm³/mol. The summed E-state index contributed by atoms with van der Waals surface area (Å²) in [6, 6.07) is 0. The molecule has 0 aromatic rings. The number of allylic oxidation sites excluding steroid dienone is 1. The second kappa shape index (κ2) is 5.25. The smallest absolute Gasteiger partial charge is 0.321 e. The van der Waals surface area contributed by atoms with Gasteiger partial charge in [-0.25, -0.2) is 0 Å². The number of hydrogen-bond donors (Lipinski definition) is 1. The van der Waals surface area contributed by atoms with Gasteiger partial charge in [-0.3, -0.25) is 4.79 Å². The average Bonchev–Trinajstić information content (AvgIpc) is 2.36. The van der Waals surface area contributed by atoms with Crippen LogP contribution in [0, 0.1) is 11.3 Å². The molecule has 17 heavy (non-hydrogen) atoms. The maximum atomic E-state index is 11.5. The zero-order valence-electron chi connectivity index (χ0n) is 10.8. The Bertz CT molecular complexity index is 356. The van der Waals surface area contributed by atoms with Crippen molar-refractivity contribution >= 4 is 5.97 Å². The first kappa shape index (κ1) is 13.6. The van der Waals surface area contributed by atoms with Gasteiger partial charge in [-0.15, -0.1) is 0 Å². The van der Waals surface area contributed by atoms with Crippen molar-refractivity contribution in [2.45, 2.75) is 26.7 Å². The lowest BCUT2D eigenvalue weighted by Gasteiger charge is -2.33. The number of methoxy groups -OCH3 is 2. The van der Waals surface area contributed by atoms with Crippen molar-refractivity contribution in [3.8, 4) is 0 Å². The molecule has 4 nitrogen and oxygen atoms in total. The third-order valence-corrected chi connectivity index (χ3v) is 3.38. The van der Waals surface area contributed by atoms with Crippen molar-refractivity contribution in [2.75, 3.05) is 14.2 Å². The molecule has 1 aliphatic rings. The van der Waals surface area contributed by atoms with E-state index in [1.54, 1.807) is 13.2 Å². The Morgan fingerprint density at radius 3 is 2.41 bits per heavy atom. The summed E-state index contributed by atoms with van der Waals surface area (Å²) in [5.41, 5.74) is -1.09. The van der Waals surface area contributed by atoms with E-state index in [1.807, 2.05) is 19.9 Å². The van der Waals surface area contributed by atoms with E-state index in [9.17, 15) is 9.90 Å². The van der Waals surface area contributed by atoms with Crippen LogP contribution in [0.5, 0.6) is 0 Å². The van der Waals surface area contributed by atoms with Crippen LogP contribution in [0.25, 0.3) is 0 Å². The molecule has 0 fully saturated rings. The van der Waals surface area contributed by atoms with Crippen LogP contribution in [0.15, 0.2) is 23.7 Å². The molecule has 2 atom stereocenters. The quantitative estimate of drug-likeness (QED) is 0.802. The molecule has 4 heteroatoms. The molecule has 96 valence electrons. The topological polar surface area (TPSA) is 55.8 Å². The Balaban J connectivity index is 3.28. The molecule has 0 radical (unpaired) electrons. The summed E-state index contributed by atoms with van der Waals surface area (Å²) in [5, 5.41) is 9.44. The molecule has 0 bridgehead atoms. The van der Waals surface area contributed by atoms with Crippen LogP contribution in [0.4, 0.5) is 0 Å². The molecule has 0 heterocycles. The maximum absolute atomic E-state index is 11.5. The minimum atomic E-state index is -1.09. The second-order valence-corrected chi connectivity index (χ2v) is 4.13. The molecule has 0 aliphatic heterocycles. The molecule has 1 aliphatic carbocycles. The van der Waals surface area contributed by atoms with Gasteiger partial charge < -0.3 is 14.6 Å². The molecule has 0 aromatic carbocycles. The van der Waals surface area contributed by atoms with E-state index in [0.717, 1.165) is 6.42 Å². The monoisotopic (exact) mass is 240 g/mol. The highest BCUT2D eigenvalue weighted by Crippen LogP contribution is 2.42. The van der Waals surface area contributed by atoms with Crippen molar-refractivity contribution in [3.05, 3.63) is 23.7 Å². The molecule has 1 rings (SSSR count). The second-order valence-electron chi connectivity index (χ2n) is 4.13. The molecule has 2 unspecified atom stereocenters. The fraction of sp³-hybridized carbons (Fsp3) is 0.615. The van der Waals surface area contributed by atoms with Gasteiger partial charge in [-0.2, -0.15) is 0 Å². The maximum Gasteiger partial charge on any atom is 0.321 e. The first-order valence-corrected chi connectivity index (χ1v) is 5.82. The zero-order chi connectivity index (χ0) is 13.1. The van der Waals surface area contributed by atoms with E-state index < -0.39 is 11.4 Å². The van der Waals surface area contributed by atoms with Gasteiger partial charge in [-0.05, 0) is 25.0 Å². The SMILES string of the molecule is CCC1C=C(OC)C(CC)(C(=O)O)C=C1OC. The molecular formula is C13H20O4. The number of hydrogen-bond acceptors (Lipinski definition) is 3. The Labute approximate surface area is 102 Å². The van der Waals surface area contributed by atoms with Crippen molar-refractivity contribution in [3.63, 3.8) is 0 Å². The van der Waals surface area contributed by atoms with Crippen LogP contribution in [-0.4, -0.2) is 25.3 Å². The molecular weight excluding hydrogens is 220 g/mol. The van der Waals surface area contributed by atoms with Gasteiger partial charge in [0.2, 0.25) is 0 Å². The predicted octanol–water partition coefficient (Wildman–Crippen LogP) is 2.57. The number of rotatable bonds is 5. The summed E-state index contributed by atoms with van der Waals surface area (Å²) >= 11 is 0. The Morgan fingerprint density at radius 1 is 1.41 bits per heavy atom. The van der Waals surface area contributed by atoms with Crippen molar-refractivity contribution in [1.29, 1.82) is 0 Å². The highest BCUT2D eigenvalue weighted by Gasteiger charge is 2.44. The summed E-state index contributed by atoms with van der Waals surface area (Å²) in [6.07, 6.45) is 4.83. The van der Waals surface area contributed by atoms with Gasteiger partial charge in [0.15, 0.2) is 0 Å². The van der Waals surface area contributed by atoms with E-state index in [1.165, 1.54) is 7.11 Å². The van der Waals surface area contributed by atoms with E-state index >= 15 is 0 Å². The van der Waals surface area contributed by atoms with Crippen LogP contribution in [0.3, 0.4) is 0 Å². The van der Waals surface area contributed by atoms with Crippen LogP contribution >= 0.6 is 0 Å². The fourth-order valence-electron chi connectivity index (χ4n) is 2.21. The highest BCUT2D eigenvalue weighted by atomic mass is 16.5. The average molecular weight is 240 g/mol. The normalized spacial score (nSPS) is 28.1. The summed E-state index contributed by atoms with van der Waals surface area (Å²) in [4.78, 5) is 11.5. The minimum absolute atomic E-state index is 0.0916. The van der Waals surface area contributed by atoms with Crippen molar-refractivity contribution in [2.24, 2.45) is 11.3 Å². The van der Waals surface area contributed by atoms with Crippen molar-refractivity contribution < 1.29 is 19.4 Å². The van der Waals surface area contributed by atoms with Crippen LogP contribution in [0.1, 0.15) is 26.7 Å². The van der Waals surface area contributed by atoms with Gasteiger partial charge in [-0.1, -0.05) is 13.8 Å². The summed E-state index contributed by atoms with van der Waals surface area (Å²) in [7, 11) is 3.08. The Morgan fingerprint density at radius 2 is 2.06 bits per heavy atom. The minimum Gasteiger partial charge on any atom is -0.501 e. The first-order valence-electron chi connectivity index (χ1n) is 5.82. The molecule has 1 N–H and O–H groups in total. The summed E-state index contributed by atoms with van der Waals surface area (Å²) in [6.45, 7) is 3.86. The lowest BCUT2D eigenvalue weighted by atomic mass is 9.76. The van der Waals surface area contributed by atoms with E-state index in [-0.39, 0.29) is 5.92 Å². The number of aliphatic carboxylic acids is 1. The van der Waals surface area contributed by atoms with Crippen LogP contribution < -0.4 is 0 Å². The summed E-state index contributed by atoms with van der Waals surface area (Å²) in [5.74, 6) is 0.392. The van der Waals surface area contributed by atoms with Gasteiger partial charge in [0, 0.05) is 5.92 Å². The van der Waals surface area contributed by atoms with E-state index in [0.29, 0.717) is 17.9 Å². The first-order chi connectivity index (χ1) is 8.05. The van der Waals surface area contributed by atoms with Crippen LogP contribution in [0.2, 0.25) is 0 Å². The van der Waals surface area contributed by atoms with Gasteiger partial charge in [0.25, 0.3) is 0 Å². The zero-order valence-corrected chi connectivity index (χ0v) is 10.8. The van der Waals surface area contributed by atoms with E-state index in [4.69, 9.17) is 9.47 Å². The van der Waals surface area contributed by atoms with Gasteiger partial charge >= 0.3 is 5.97 Å². The lowest BCUT2D eigenvalue weighted by Crippen LogP contribution is -2.35. The lowest BCUT2D eigenvalue weighted by molar-refractivity contribution is -0.146. The van der Waals surface area contributed by atoms with Gasteiger partial charge in [0.1, 0.15) is 16.9 Å². The number of carbonyl (C=O) groups is 1. The standard InChI is InChI=1S/C13H20O4/c1-5-9-7-11(17-4)13(6-2,12(14)15)8-10(9)16-3/h7-9H,5-6H2,1-4H3,(H,14,15). The molecule has 0 aromatic heterocycles. The van der Waals surface area contributed by atoms with E-state index in [2.05, 4.69) is 0 Å². The third kappa shape index (κ3) is 2.16. The third-order valence-electron chi connectivity index (χ3n) is 3.38. The number of carboxylic acid groups (broad SMARTS) is 1. The highest BCUT2D eigenvalue weighted by molar-refractivity contribution is 5.81. The molecule has 0 spiro atoms. The molecule has 0 saturated carbocycles. The largest absolute Gasteiger partial charge is 0.501 e. The Kier molecular flexibility index (Phi) is 4.21. The van der Waals surface area contributed by atoms with Crippen LogP contribution in [-0.2, 0) is 14.3 Å². The number of ether oxygens (including phenoxy) is 2. The summed E-state index contributed by atoms with van der Waals surface area (Å²) < 4.78 is 10.6.